The maximum Gasteiger partial charge on any atom is 0.0735 e. The number of hydrogen-bond acceptors (Lipinski definition) is 3. The Balaban J connectivity index is 2.04. The molecule has 0 saturated carbocycles. The van der Waals surface area contributed by atoms with Crippen LogP contribution in [0.3, 0.4) is 0 Å². The summed E-state index contributed by atoms with van der Waals surface area (Å²) < 4.78 is 6.39. The molecule has 1 heterocycles. The Morgan fingerprint density at radius 1 is 1.23 bits per heavy atom. The number of hydrogen-bond donors (Lipinski definition) is 0. The van der Waals surface area contributed by atoms with Gasteiger partial charge in [0, 0.05) is 0 Å². The van der Waals surface area contributed by atoms with E-state index in [4.69, 9.17) is 4.74 Å². The summed E-state index contributed by atoms with van der Waals surface area (Å²) in [5.41, 5.74) is 0.310. The van der Waals surface area contributed by atoms with Crippen molar-refractivity contribution < 1.29 is 4.74 Å². The van der Waals surface area contributed by atoms with E-state index in [1.54, 1.807) is 0 Å². The molecule has 0 unspecified atom stereocenters. The average molecular weight is 220 g/mol. The maximum absolute atomic E-state index is 5.70. The monoisotopic (exact) mass is 220 g/mol. The van der Waals surface area contributed by atoms with E-state index in [-0.39, 0.29) is 0 Å². The summed E-state index contributed by atoms with van der Waals surface area (Å²) in [5.74, 6) is 2.63. The first-order chi connectivity index (χ1) is 6.08. The van der Waals surface area contributed by atoms with Gasteiger partial charge in [0.15, 0.2) is 0 Å². The first-order valence-electron chi connectivity index (χ1n) is 4.89. The molecule has 1 nitrogen and oxygen atoms in total. The molecule has 1 saturated heterocycles. The van der Waals surface area contributed by atoms with Crippen LogP contribution in [0.1, 0.15) is 27.2 Å². The van der Waals surface area contributed by atoms with Crippen LogP contribution in [0.15, 0.2) is 0 Å². The summed E-state index contributed by atoms with van der Waals surface area (Å²) in [4.78, 5) is 0. The van der Waals surface area contributed by atoms with Gasteiger partial charge >= 0.3 is 0 Å². The third kappa shape index (κ3) is 5.87. The molecule has 0 amide bonds. The fourth-order valence-electron chi connectivity index (χ4n) is 1.09. The van der Waals surface area contributed by atoms with E-state index in [0.29, 0.717) is 10.00 Å². The van der Waals surface area contributed by atoms with Gasteiger partial charge in [0.05, 0.1) is 17.8 Å². The predicted octanol–water partition coefficient (Wildman–Crippen LogP) is 3.25. The number of ether oxygens (including phenoxy) is 1. The smallest absolute Gasteiger partial charge is 0.0735 e. The van der Waals surface area contributed by atoms with E-state index in [1.165, 1.54) is 17.9 Å². The molecule has 1 aliphatic rings. The zero-order valence-electron chi connectivity index (χ0n) is 8.84. The second-order valence-electron chi connectivity index (χ2n) is 4.60. The zero-order chi connectivity index (χ0) is 9.73. The quantitative estimate of drug-likeness (QED) is 0.722. The van der Waals surface area contributed by atoms with E-state index >= 15 is 0 Å². The molecule has 0 aromatic rings. The van der Waals surface area contributed by atoms with Gasteiger partial charge in [-0.3, -0.25) is 0 Å². The molecule has 1 aliphatic heterocycles. The molecule has 0 N–H and O–H groups in total. The lowest BCUT2D eigenvalue weighted by Gasteiger charge is -2.23. The van der Waals surface area contributed by atoms with Gasteiger partial charge in [-0.2, -0.15) is 0 Å². The van der Waals surface area contributed by atoms with Gasteiger partial charge in [-0.25, -0.2) is 0 Å². The van der Waals surface area contributed by atoms with Gasteiger partial charge < -0.3 is 4.74 Å². The van der Waals surface area contributed by atoms with Crippen molar-refractivity contribution >= 4 is 23.5 Å². The van der Waals surface area contributed by atoms with E-state index < -0.39 is 0 Å². The highest BCUT2D eigenvalue weighted by Crippen LogP contribution is 2.30. The largest absolute Gasteiger partial charge is 0.379 e. The van der Waals surface area contributed by atoms with Crippen molar-refractivity contribution in [3.8, 4) is 0 Å². The van der Waals surface area contributed by atoms with Crippen molar-refractivity contribution in [2.75, 3.05) is 24.7 Å². The average Bonchev–Trinajstić information content (AvgIpc) is 2.04. The summed E-state index contributed by atoms with van der Waals surface area (Å²) in [5, 5.41) is 0. The second-order valence-corrected chi connectivity index (χ2v) is 7.52. The van der Waals surface area contributed by atoms with Gasteiger partial charge in [0.2, 0.25) is 0 Å². The normalized spacial score (nSPS) is 20.5. The predicted molar refractivity (Wildman–Crippen MR) is 63.6 cm³/mol. The zero-order valence-corrected chi connectivity index (χ0v) is 10.5. The van der Waals surface area contributed by atoms with Gasteiger partial charge in [0.1, 0.15) is 0 Å². The topological polar surface area (TPSA) is 9.23 Å². The molecule has 13 heavy (non-hydrogen) atoms. The number of thioether (sulfide) groups is 2. The summed E-state index contributed by atoms with van der Waals surface area (Å²) >= 11 is 4.10. The van der Waals surface area contributed by atoms with Crippen molar-refractivity contribution in [3.63, 3.8) is 0 Å². The molecule has 3 heteroatoms. The summed E-state index contributed by atoms with van der Waals surface area (Å²) in [6.45, 7) is 8.45. The Labute approximate surface area is 90.4 Å². The first-order valence-corrected chi connectivity index (χ1v) is 6.99. The highest BCUT2D eigenvalue weighted by Gasteiger charge is 2.16. The Kier molecular flexibility index (Phi) is 4.98. The molecule has 0 bridgehead atoms. The van der Waals surface area contributed by atoms with Crippen LogP contribution >= 0.6 is 23.5 Å². The molecule has 0 aromatic carbocycles. The molecule has 1 rings (SSSR count). The highest BCUT2D eigenvalue weighted by atomic mass is 32.2. The van der Waals surface area contributed by atoms with E-state index in [2.05, 4.69) is 44.3 Å². The molecular formula is C10H20OS2. The van der Waals surface area contributed by atoms with Gasteiger partial charge in [-0.05, 0) is 23.3 Å². The van der Waals surface area contributed by atoms with Crippen molar-refractivity contribution in [3.05, 3.63) is 0 Å². The minimum absolute atomic E-state index is 0.310. The fraction of sp³-hybridized carbons (Fsp3) is 1.00. The molecule has 0 radical (unpaired) electrons. The van der Waals surface area contributed by atoms with E-state index in [0.717, 1.165) is 13.2 Å². The van der Waals surface area contributed by atoms with Crippen LogP contribution in [0, 0.1) is 5.41 Å². The summed E-state index contributed by atoms with van der Waals surface area (Å²) in [6.07, 6.45) is 1.37. The molecular weight excluding hydrogens is 200 g/mol. The Hall–Kier alpha value is 0.660. The van der Waals surface area contributed by atoms with Crippen LogP contribution in [-0.4, -0.2) is 29.3 Å². The molecule has 0 aromatic heterocycles. The van der Waals surface area contributed by atoms with Crippen LogP contribution in [0.25, 0.3) is 0 Å². The summed E-state index contributed by atoms with van der Waals surface area (Å²) in [6, 6.07) is 0. The highest BCUT2D eigenvalue weighted by molar-refractivity contribution is 8.17. The standard InChI is InChI=1S/C10H20OS2/c1-10(2,3)8-11-7-9-12-5-4-6-13-9/h9H,4-8H2,1-3H3. The van der Waals surface area contributed by atoms with E-state index in [9.17, 15) is 0 Å². The van der Waals surface area contributed by atoms with Crippen LogP contribution in [0.4, 0.5) is 0 Å². The Bertz CT molecular complexity index is 136. The third-order valence-corrected chi connectivity index (χ3v) is 4.57. The third-order valence-electron chi connectivity index (χ3n) is 1.69. The van der Waals surface area contributed by atoms with Crippen molar-refractivity contribution in [1.29, 1.82) is 0 Å². The minimum atomic E-state index is 0.310. The molecule has 0 aliphatic carbocycles. The lowest BCUT2D eigenvalue weighted by Crippen LogP contribution is -2.20. The SMILES string of the molecule is CC(C)(C)COCC1SCCCS1. The van der Waals surface area contributed by atoms with E-state index in [1.807, 2.05) is 0 Å². The lowest BCUT2D eigenvalue weighted by molar-refractivity contribution is 0.0795. The maximum atomic E-state index is 5.70. The fourth-order valence-corrected chi connectivity index (χ4v) is 3.77. The van der Waals surface area contributed by atoms with Gasteiger partial charge in [0.25, 0.3) is 0 Å². The van der Waals surface area contributed by atoms with Crippen LogP contribution < -0.4 is 0 Å². The first kappa shape index (κ1) is 11.7. The molecule has 1 fully saturated rings. The Morgan fingerprint density at radius 3 is 2.38 bits per heavy atom. The van der Waals surface area contributed by atoms with Gasteiger partial charge in [-0.1, -0.05) is 20.8 Å². The van der Waals surface area contributed by atoms with Crippen LogP contribution in [0.5, 0.6) is 0 Å². The van der Waals surface area contributed by atoms with Gasteiger partial charge in [-0.15, -0.1) is 23.5 Å². The number of rotatable bonds is 3. The van der Waals surface area contributed by atoms with Crippen LogP contribution in [-0.2, 0) is 4.74 Å². The molecule has 78 valence electrons. The van der Waals surface area contributed by atoms with Crippen LogP contribution in [0.2, 0.25) is 0 Å². The van der Waals surface area contributed by atoms with Crippen molar-refractivity contribution in [2.24, 2.45) is 5.41 Å². The second kappa shape index (κ2) is 5.52. The molecule has 0 atom stereocenters. The Morgan fingerprint density at radius 2 is 1.85 bits per heavy atom. The summed E-state index contributed by atoms with van der Waals surface area (Å²) in [7, 11) is 0. The van der Waals surface area contributed by atoms with Crippen molar-refractivity contribution in [1.82, 2.24) is 0 Å². The van der Waals surface area contributed by atoms with Crippen molar-refractivity contribution in [2.45, 2.75) is 31.8 Å². The molecule has 0 spiro atoms. The minimum Gasteiger partial charge on any atom is -0.379 e. The lowest BCUT2D eigenvalue weighted by atomic mass is 9.99.